The summed E-state index contributed by atoms with van der Waals surface area (Å²) in [6, 6.07) is 17.7. The normalized spacial score (nSPS) is 10.5. The van der Waals surface area contributed by atoms with E-state index in [2.05, 4.69) is 33.7 Å². The Bertz CT molecular complexity index is 3250. The molecular weight excluding hydrogens is 1140 g/mol. The van der Waals surface area contributed by atoms with Crippen molar-refractivity contribution in [3.8, 4) is 12.1 Å². The molecule has 15 nitrogen and oxygen atoms in total. The second-order valence-corrected chi connectivity index (χ2v) is 15.9. The van der Waals surface area contributed by atoms with Gasteiger partial charge in [0.1, 0.15) is 11.4 Å². The number of pyridine rings is 2. The van der Waals surface area contributed by atoms with Crippen LogP contribution >= 0.6 is 0 Å². The summed E-state index contributed by atoms with van der Waals surface area (Å²) in [6.45, 7) is 9.64. The summed E-state index contributed by atoms with van der Waals surface area (Å²) in [6.07, 6.45) is 3.50. The minimum Gasteiger partial charge on any atom is 0 e. The van der Waals surface area contributed by atoms with Gasteiger partial charge in [-0.2, -0.15) is 38.1 Å². The monoisotopic (exact) mass is 1180 g/mol. The maximum absolute atomic E-state index is 13.7. The van der Waals surface area contributed by atoms with Gasteiger partial charge in [0.05, 0.1) is 25.2 Å². The third-order valence-electron chi connectivity index (χ3n) is 10.0. The number of benzene rings is 2. The number of halogens is 4. The predicted octanol–water partition coefficient (Wildman–Crippen LogP) is 5.95. The number of ketones is 2. The Balaban J connectivity index is 0.000000451. The fourth-order valence-electron chi connectivity index (χ4n) is 7.40. The summed E-state index contributed by atoms with van der Waals surface area (Å²) in [4.78, 5) is 88.5. The number of aryl methyl sites for hydroxylation is 3. The fraction of sp³-hybridized carbons (Fsp3) is 0.250. The molecule has 6 rings (SSSR count). The molecule has 0 saturated carbocycles. The molecular formula is C48H42B2F4N8O7U. The van der Waals surface area contributed by atoms with Crippen LogP contribution in [0, 0.1) is 91.4 Å². The number of nitrogens with zero attached hydrogens (tertiary/aromatic N) is 6. The van der Waals surface area contributed by atoms with E-state index in [1.807, 2.05) is 12.1 Å². The van der Waals surface area contributed by atoms with Gasteiger partial charge in [-0.25, -0.2) is 9.59 Å². The molecule has 22 heteroatoms. The molecule has 0 amide bonds. The van der Waals surface area contributed by atoms with Gasteiger partial charge in [-0.3, -0.25) is 38.3 Å². The number of nitrogens with one attached hydrogen (secondary N) is 2. The van der Waals surface area contributed by atoms with Crippen LogP contribution in [0.4, 0.5) is 17.6 Å². The second kappa shape index (κ2) is 26.6. The number of rotatable bonds is 13. The van der Waals surface area contributed by atoms with E-state index >= 15 is 0 Å². The average Bonchev–Trinajstić information content (AvgIpc) is 3.25. The summed E-state index contributed by atoms with van der Waals surface area (Å²) < 4.78 is 64.3. The van der Waals surface area contributed by atoms with Gasteiger partial charge in [-0.05, 0) is 115 Å². The van der Waals surface area contributed by atoms with Crippen molar-refractivity contribution in [1.29, 1.82) is 10.5 Å². The molecule has 6 aromatic rings. The number of hydrogen-bond donors (Lipinski definition) is 2. The van der Waals surface area contributed by atoms with Crippen LogP contribution in [-0.2, 0) is 24.2 Å². The van der Waals surface area contributed by atoms with Crippen molar-refractivity contribution in [2.75, 3.05) is 0 Å². The first-order valence-corrected chi connectivity index (χ1v) is 20.6. The maximum Gasteiger partial charge on any atom is 0 e. The molecule has 0 unspecified atom stereocenters. The van der Waals surface area contributed by atoms with Crippen molar-refractivity contribution >= 4 is 33.8 Å². The molecule has 0 fully saturated rings. The molecule has 0 aliphatic carbocycles. The Morgan fingerprint density at radius 3 is 1.44 bits per heavy atom. The van der Waals surface area contributed by atoms with Gasteiger partial charge in [0.25, 0.3) is 11.1 Å². The van der Waals surface area contributed by atoms with Gasteiger partial charge in [-0.1, -0.05) is 45.4 Å². The van der Waals surface area contributed by atoms with Crippen molar-refractivity contribution in [2.45, 2.75) is 79.3 Å². The maximum atomic E-state index is 13.7. The largest absolute Gasteiger partial charge is 0 e. The number of aromatic nitrogens is 6. The van der Waals surface area contributed by atoms with Gasteiger partial charge in [0.2, 0.25) is 35.4 Å². The zero-order valence-electron chi connectivity index (χ0n) is 38.6. The molecule has 0 atom stereocenters. The van der Waals surface area contributed by atoms with E-state index in [-0.39, 0.29) is 104 Å². The third-order valence-corrected chi connectivity index (χ3v) is 10.0. The van der Waals surface area contributed by atoms with Gasteiger partial charge in [0, 0.05) is 74.3 Å². The summed E-state index contributed by atoms with van der Waals surface area (Å²) >= 11 is 0. The summed E-state index contributed by atoms with van der Waals surface area (Å²) in [5, 5.41) is 17.7. The van der Waals surface area contributed by atoms with Crippen LogP contribution < -0.4 is 22.5 Å². The Morgan fingerprint density at radius 2 is 1.06 bits per heavy atom. The van der Waals surface area contributed by atoms with Crippen LogP contribution in [-0.4, -0.2) is 56.8 Å². The first kappa shape index (κ1) is 59.0. The SMILES string of the molecule is Cc1cc(/C=C/C#N)cc(C(=O)c2c(C(C)C)c(=O)[nH]c(=O)n2Cc2cc(F)nc(F)c2)c1.Cc1cc(CCC#N)cc(C(=O)c2c(C(C)C)c(=O)[nH]c(=O)n2Cc2cc(F)nc(F)c2)c1.[B].[B]=O.[U]. The molecule has 0 saturated heterocycles. The zero-order chi connectivity index (χ0) is 50.6. The van der Waals surface area contributed by atoms with Gasteiger partial charge in [0.15, 0.2) is 0 Å². The molecule has 4 radical (unpaired) electrons. The summed E-state index contributed by atoms with van der Waals surface area (Å²) in [5.41, 5.74) is 0.103. The Kier molecular flexibility index (Phi) is 22.4. The molecule has 0 bridgehead atoms. The number of aromatic amines is 2. The quantitative estimate of drug-likeness (QED) is 0.0451. The Labute approximate surface area is 424 Å². The third kappa shape index (κ3) is 14.9. The average molecular weight is 1180 g/mol. The molecule has 4 heterocycles. The topological polar surface area (TPSA) is 234 Å². The zero-order valence-corrected chi connectivity index (χ0v) is 42.8. The minimum absolute atomic E-state index is 0. The van der Waals surface area contributed by atoms with Crippen LogP contribution in [0.25, 0.3) is 6.08 Å². The Morgan fingerprint density at radius 1 is 0.657 bits per heavy atom. The summed E-state index contributed by atoms with van der Waals surface area (Å²) in [7, 11) is 3.25. The number of H-pyrrole nitrogens is 2. The standard InChI is InChI=1S/C24H22F2N4O3.C24H20F2N4O3.BO.B.U/c2*1-13(2)20-21(22(31)17-8-14(3)7-15(9-17)5-4-6-27)30(24(33)29-23(20)32)12-16-10-18(25)28-19(26)11-16;1-2;;/h7-11,13H,4-5,12H2,1-3H3,(H,29,32,33);4-5,7-11,13H,12H2,1-3H3,(H,29,32,33);;;/b;5-4+;;;. The van der Waals surface area contributed by atoms with Crippen molar-refractivity contribution in [3.63, 3.8) is 0 Å². The van der Waals surface area contributed by atoms with Crippen LogP contribution in [0.5, 0.6) is 0 Å². The number of hydrogen-bond acceptors (Lipinski definition) is 11. The van der Waals surface area contributed by atoms with E-state index in [0.29, 0.717) is 12.0 Å². The molecule has 0 aliphatic rings. The Hall–Kier alpha value is -7.14. The number of carbonyl (C=O) groups excluding carboxylic acids is 2. The van der Waals surface area contributed by atoms with Crippen LogP contribution in [0.1, 0.15) is 123 Å². The minimum atomic E-state index is -1.08. The number of nitriles is 2. The van der Waals surface area contributed by atoms with Crippen molar-refractivity contribution in [2.24, 2.45) is 0 Å². The molecule has 354 valence electrons. The summed E-state index contributed by atoms with van der Waals surface area (Å²) in [5.74, 6) is -6.33. The van der Waals surface area contributed by atoms with Gasteiger partial charge >= 0.3 is 23.8 Å². The van der Waals surface area contributed by atoms with Crippen molar-refractivity contribution in [3.05, 3.63) is 199 Å². The van der Waals surface area contributed by atoms with Crippen LogP contribution in [0.3, 0.4) is 0 Å². The number of carbonyl (C=O) groups is 2. The molecule has 2 N–H and O–H groups in total. The van der Waals surface area contributed by atoms with Gasteiger partial charge in [-0.15, -0.1) is 0 Å². The van der Waals surface area contributed by atoms with E-state index in [9.17, 15) is 46.3 Å². The number of allylic oxidation sites excluding steroid dienone is 1. The first-order valence-electron chi connectivity index (χ1n) is 20.6. The van der Waals surface area contributed by atoms with Crippen molar-refractivity contribution in [1.82, 2.24) is 29.1 Å². The second-order valence-electron chi connectivity index (χ2n) is 15.9. The molecule has 2 aromatic carbocycles. The first-order chi connectivity index (χ1) is 32.2. The van der Waals surface area contributed by atoms with E-state index in [1.165, 1.54) is 18.2 Å². The molecule has 4 aromatic heterocycles. The predicted molar refractivity (Wildman–Crippen MR) is 247 cm³/mol. The van der Waals surface area contributed by atoms with Crippen LogP contribution in [0.2, 0.25) is 0 Å². The molecule has 70 heavy (non-hydrogen) atoms. The molecule has 0 spiro atoms. The van der Waals surface area contributed by atoms with Crippen molar-refractivity contribution < 1.29 is 63.0 Å². The van der Waals surface area contributed by atoms with E-state index in [1.54, 1.807) is 65.8 Å². The van der Waals surface area contributed by atoms with E-state index < -0.39 is 69.7 Å². The van der Waals surface area contributed by atoms with Crippen LogP contribution in [0.15, 0.2) is 85.9 Å². The van der Waals surface area contributed by atoms with Gasteiger partial charge < -0.3 is 0 Å². The fourth-order valence-corrected chi connectivity index (χ4v) is 7.40. The smallest absolute Gasteiger partial charge is 0 e. The molecule has 0 aliphatic heterocycles. The van der Waals surface area contributed by atoms with E-state index in [4.69, 9.17) is 15.2 Å². The van der Waals surface area contributed by atoms with E-state index in [0.717, 1.165) is 50.1 Å².